The van der Waals surface area contributed by atoms with E-state index in [4.69, 9.17) is 9.15 Å². The average Bonchev–Trinajstić information content (AvgIpc) is 3.06. The first-order valence-electron chi connectivity index (χ1n) is 8.20. The molecule has 5 heteroatoms. The molecule has 1 fully saturated rings. The van der Waals surface area contributed by atoms with Gasteiger partial charge in [-0.1, -0.05) is 0 Å². The molecular weight excluding hydrogens is 278 g/mol. The van der Waals surface area contributed by atoms with Gasteiger partial charge in [-0.2, -0.15) is 5.10 Å². The van der Waals surface area contributed by atoms with Gasteiger partial charge in [-0.05, 0) is 37.0 Å². The lowest BCUT2D eigenvalue weighted by atomic mass is 10.1. The molecule has 2 aromatic heterocycles. The van der Waals surface area contributed by atoms with Crippen LogP contribution in [0.25, 0.3) is 0 Å². The minimum absolute atomic E-state index is 0.481. The van der Waals surface area contributed by atoms with E-state index in [1.165, 1.54) is 18.5 Å². The Morgan fingerprint density at radius 3 is 2.91 bits per heavy atom. The lowest BCUT2D eigenvalue weighted by molar-refractivity contribution is 0.0685. The standard InChI is InChI=1S/C17H23N3O2/c1-2-17(22-7-1)11-19-8-15(13-21-12-14-3-4-14)9-20-16(10-19)5-6-18-20/h1-2,5-7,14-15H,3-4,8-13H2/t15-/m0/s1. The third-order valence-corrected chi connectivity index (χ3v) is 4.50. The van der Waals surface area contributed by atoms with E-state index in [1.807, 2.05) is 18.3 Å². The Hall–Kier alpha value is -1.59. The summed E-state index contributed by atoms with van der Waals surface area (Å²) in [5.74, 6) is 2.32. The van der Waals surface area contributed by atoms with E-state index in [1.54, 1.807) is 6.26 Å². The van der Waals surface area contributed by atoms with Crippen LogP contribution in [0.4, 0.5) is 0 Å². The number of furan rings is 1. The van der Waals surface area contributed by atoms with Crippen molar-refractivity contribution in [3.63, 3.8) is 0 Å². The van der Waals surface area contributed by atoms with Gasteiger partial charge in [-0.3, -0.25) is 9.58 Å². The zero-order chi connectivity index (χ0) is 14.8. The molecule has 118 valence electrons. The van der Waals surface area contributed by atoms with E-state index in [-0.39, 0.29) is 0 Å². The quantitative estimate of drug-likeness (QED) is 0.822. The highest BCUT2D eigenvalue weighted by atomic mass is 16.5. The van der Waals surface area contributed by atoms with Crippen molar-refractivity contribution >= 4 is 0 Å². The Labute approximate surface area is 130 Å². The average molecular weight is 301 g/mol. The fraction of sp³-hybridized carbons (Fsp3) is 0.588. The molecule has 0 saturated heterocycles. The smallest absolute Gasteiger partial charge is 0.117 e. The largest absolute Gasteiger partial charge is 0.468 e. The summed E-state index contributed by atoms with van der Waals surface area (Å²) in [6.07, 6.45) is 6.33. The highest BCUT2D eigenvalue weighted by Gasteiger charge is 2.25. The van der Waals surface area contributed by atoms with E-state index >= 15 is 0 Å². The van der Waals surface area contributed by atoms with Crippen molar-refractivity contribution < 1.29 is 9.15 Å². The van der Waals surface area contributed by atoms with Crippen LogP contribution in [0, 0.1) is 11.8 Å². The molecule has 5 nitrogen and oxygen atoms in total. The summed E-state index contributed by atoms with van der Waals surface area (Å²) >= 11 is 0. The molecule has 0 spiro atoms. The van der Waals surface area contributed by atoms with Crippen LogP contribution in [-0.4, -0.2) is 34.4 Å². The van der Waals surface area contributed by atoms with E-state index < -0.39 is 0 Å². The Kier molecular flexibility index (Phi) is 3.99. The van der Waals surface area contributed by atoms with Crippen molar-refractivity contribution in [1.82, 2.24) is 14.7 Å². The maximum Gasteiger partial charge on any atom is 0.117 e. The Bertz CT molecular complexity index is 589. The maximum atomic E-state index is 5.94. The number of fused-ring (bicyclic) bond motifs is 1. The Balaban J connectivity index is 1.42. The lowest BCUT2D eigenvalue weighted by Crippen LogP contribution is -2.30. The van der Waals surface area contributed by atoms with Crippen LogP contribution in [0.5, 0.6) is 0 Å². The first kappa shape index (κ1) is 14.0. The molecule has 0 bridgehead atoms. The highest BCUT2D eigenvalue weighted by molar-refractivity contribution is 5.04. The molecule has 1 saturated carbocycles. The van der Waals surface area contributed by atoms with Crippen molar-refractivity contribution in [2.75, 3.05) is 19.8 Å². The lowest BCUT2D eigenvalue weighted by Gasteiger charge is -2.22. The molecule has 0 aromatic carbocycles. The summed E-state index contributed by atoms with van der Waals surface area (Å²) in [6.45, 7) is 5.48. The van der Waals surface area contributed by atoms with Crippen molar-refractivity contribution in [3.05, 3.63) is 42.1 Å². The summed E-state index contributed by atoms with van der Waals surface area (Å²) in [5, 5.41) is 4.47. The molecule has 2 aromatic rings. The van der Waals surface area contributed by atoms with Gasteiger partial charge in [0.15, 0.2) is 0 Å². The van der Waals surface area contributed by atoms with Crippen LogP contribution in [0.15, 0.2) is 35.1 Å². The number of aromatic nitrogens is 2. The monoisotopic (exact) mass is 301 g/mol. The van der Waals surface area contributed by atoms with Crippen LogP contribution in [-0.2, 0) is 24.4 Å². The van der Waals surface area contributed by atoms with Gasteiger partial charge in [0.05, 0.1) is 25.1 Å². The second-order valence-corrected chi connectivity index (χ2v) is 6.60. The van der Waals surface area contributed by atoms with Gasteiger partial charge in [0.1, 0.15) is 5.76 Å². The summed E-state index contributed by atoms with van der Waals surface area (Å²) in [5.41, 5.74) is 1.27. The molecule has 0 amide bonds. The fourth-order valence-electron chi connectivity index (χ4n) is 3.15. The summed E-state index contributed by atoms with van der Waals surface area (Å²) in [6, 6.07) is 6.11. The molecule has 0 radical (unpaired) electrons. The van der Waals surface area contributed by atoms with Gasteiger partial charge < -0.3 is 9.15 Å². The normalized spacial score (nSPS) is 22.5. The van der Waals surface area contributed by atoms with Gasteiger partial charge in [-0.25, -0.2) is 0 Å². The topological polar surface area (TPSA) is 43.4 Å². The number of nitrogens with zero attached hydrogens (tertiary/aromatic N) is 3. The molecule has 22 heavy (non-hydrogen) atoms. The maximum absolute atomic E-state index is 5.94. The molecule has 0 N–H and O–H groups in total. The first-order valence-corrected chi connectivity index (χ1v) is 8.20. The number of ether oxygens (including phenoxy) is 1. The van der Waals surface area contributed by atoms with Gasteiger partial charge >= 0.3 is 0 Å². The number of hydrogen-bond donors (Lipinski definition) is 0. The molecule has 1 aliphatic heterocycles. The zero-order valence-electron chi connectivity index (χ0n) is 12.9. The third-order valence-electron chi connectivity index (χ3n) is 4.50. The predicted molar refractivity (Wildman–Crippen MR) is 82.1 cm³/mol. The minimum atomic E-state index is 0.481. The van der Waals surface area contributed by atoms with Crippen LogP contribution in [0.3, 0.4) is 0 Å². The minimum Gasteiger partial charge on any atom is -0.468 e. The first-order chi connectivity index (χ1) is 10.9. The van der Waals surface area contributed by atoms with Crippen molar-refractivity contribution in [3.8, 4) is 0 Å². The Morgan fingerprint density at radius 2 is 2.09 bits per heavy atom. The summed E-state index contributed by atoms with van der Waals surface area (Å²) in [4.78, 5) is 2.44. The molecular formula is C17H23N3O2. The highest BCUT2D eigenvalue weighted by Crippen LogP contribution is 2.29. The number of hydrogen-bond acceptors (Lipinski definition) is 4. The van der Waals surface area contributed by atoms with Crippen molar-refractivity contribution in [1.29, 1.82) is 0 Å². The van der Waals surface area contributed by atoms with Crippen LogP contribution < -0.4 is 0 Å². The van der Waals surface area contributed by atoms with Gasteiger partial charge in [0.2, 0.25) is 0 Å². The SMILES string of the molecule is c1coc(CN2Cc3ccnn3C[C@@H](COCC3CC3)C2)c1. The van der Waals surface area contributed by atoms with E-state index in [2.05, 4.69) is 20.7 Å². The van der Waals surface area contributed by atoms with E-state index in [0.717, 1.165) is 51.1 Å². The second kappa shape index (κ2) is 6.26. The molecule has 1 atom stereocenters. The Morgan fingerprint density at radius 1 is 1.18 bits per heavy atom. The molecule has 1 aliphatic carbocycles. The van der Waals surface area contributed by atoms with E-state index in [9.17, 15) is 0 Å². The van der Waals surface area contributed by atoms with Gasteiger partial charge in [0, 0.05) is 38.4 Å². The van der Waals surface area contributed by atoms with Crippen LogP contribution in [0.2, 0.25) is 0 Å². The van der Waals surface area contributed by atoms with Gasteiger partial charge in [-0.15, -0.1) is 0 Å². The van der Waals surface area contributed by atoms with Crippen molar-refractivity contribution in [2.24, 2.45) is 11.8 Å². The molecule has 3 heterocycles. The van der Waals surface area contributed by atoms with Crippen molar-refractivity contribution in [2.45, 2.75) is 32.5 Å². The molecule has 4 rings (SSSR count). The zero-order valence-corrected chi connectivity index (χ0v) is 12.9. The third kappa shape index (κ3) is 3.42. The second-order valence-electron chi connectivity index (χ2n) is 6.60. The predicted octanol–water partition coefficient (Wildman–Crippen LogP) is 2.53. The van der Waals surface area contributed by atoms with E-state index in [0.29, 0.717) is 5.92 Å². The van der Waals surface area contributed by atoms with Crippen LogP contribution in [0.1, 0.15) is 24.3 Å². The van der Waals surface area contributed by atoms with Gasteiger partial charge in [0.25, 0.3) is 0 Å². The molecule has 0 unspecified atom stereocenters. The number of rotatable bonds is 6. The molecule has 2 aliphatic rings. The fourth-order valence-corrected chi connectivity index (χ4v) is 3.15. The summed E-state index contributed by atoms with van der Waals surface area (Å²) < 4.78 is 13.6. The summed E-state index contributed by atoms with van der Waals surface area (Å²) in [7, 11) is 0. The van der Waals surface area contributed by atoms with Crippen LogP contribution >= 0.6 is 0 Å².